The van der Waals surface area contributed by atoms with Crippen molar-refractivity contribution in [1.29, 1.82) is 0 Å². The summed E-state index contributed by atoms with van der Waals surface area (Å²) in [4.78, 5) is 9.20. The van der Waals surface area contributed by atoms with Crippen molar-refractivity contribution in [1.82, 2.24) is 14.5 Å². The number of nitrogens with zero attached hydrogens (tertiary/aromatic N) is 3. The molecule has 0 fully saturated rings. The maximum Gasteiger partial charge on any atom is 0.145 e. The van der Waals surface area contributed by atoms with Gasteiger partial charge in [0.25, 0.3) is 0 Å². The van der Waals surface area contributed by atoms with Crippen LogP contribution in [0.25, 0.3) is 68.0 Å². The van der Waals surface area contributed by atoms with Gasteiger partial charge >= 0.3 is 0 Å². The van der Waals surface area contributed by atoms with Gasteiger partial charge in [-0.3, -0.25) is 9.55 Å². The van der Waals surface area contributed by atoms with Crippen LogP contribution in [0.4, 0.5) is 0 Å². The second kappa shape index (κ2) is 9.68. The molecule has 2 N–H and O–H groups in total. The van der Waals surface area contributed by atoms with E-state index in [-0.39, 0.29) is 0 Å². The Morgan fingerprint density at radius 2 is 1.50 bits per heavy atom. The second-order valence-corrected chi connectivity index (χ2v) is 9.85. The first-order chi connectivity index (χ1) is 19.7. The van der Waals surface area contributed by atoms with Crippen molar-refractivity contribution in [3.63, 3.8) is 0 Å². The Balaban J connectivity index is 1.24. The number of para-hydroxylation sites is 1. The first-order valence-electron chi connectivity index (χ1n) is 13.2. The van der Waals surface area contributed by atoms with Crippen LogP contribution in [0.15, 0.2) is 128 Å². The monoisotopic (exact) mass is 514 g/mol. The van der Waals surface area contributed by atoms with Crippen LogP contribution in [0.3, 0.4) is 0 Å². The summed E-state index contributed by atoms with van der Waals surface area (Å²) in [7, 11) is 0. The third-order valence-electron chi connectivity index (χ3n) is 7.45. The van der Waals surface area contributed by atoms with Crippen LogP contribution < -0.4 is 16.2 Å². The minimum atomic E-state index is 0.694. The highest BCUT2D eigenvalue weighted by Crippen LogP contribution is 2.34. The van der Waals surface area contributed by atoms with Gasteiger partial charge in [-0.05, 0) is 70.4 Å². The highest BCUT2D eigenvalue weighted by atomic mass is 15.0. The molecule has 0 radical (unpaired) electrons. The SMILES string of the molecule is C=c1/c(=C\C=C(/N)c2ccc(-c3ccc4c(c3)c3cccnc3n4-c3ccccc3)cc2)ccc2cccnc12. The van der Waals surface area contributed by atoms with Gasteiger partial charge in [0, 0.05) is 45.2 Å². The molecule has 0 unspecified atom stereocenters. The molecule has 190 valence electrons. The maximum atomic E-state index is 6.47. The molecule has 0 bridgehead atoms. The van der Waals surface area contributed by atoms with Gasteiger partial charge in [0.2, 0.25) is 0 Å². The number of allylic oxidation sites excluding steroid dienone is 1. The molecule has 0 atom stereocenters. The van der Waals surface area contributed by atoms with Gasteiger partial charge < -0.3 is 5.73 Å². The van der Waals surface area contributed by atoms with Crippen LogP contribution in [0.2, 0.25) is 0 Å². The van der Waals surface area contributed by atoms with Gasteiger partial charge in [0.15, 0.2) is 0 Å². The van der Waals surface area contributed by atoms with E-state index in [9.17, 15) is 0 Å². The van der Waals surface area contributed by atoms with Crippen molar-refractivity contribution in [2.45, 2.75) is 0 Å². The van der Waals surface area contributed by atoms with E-state index in [0.717, 1.165) is 60.3 Å². The Labute approximate surface area is 231 Å². The van der Waals surface area contributed by atoms with E-state index in [2.05, 4.69) is 101 Å². The first kappa shape index (κ1) is 23.6. The van der Waals surface area contributed by atoms with Crippen molar-refractivity contribution < 1.29 is 0 Å². The summed E-state index contributed by atoms with van der Waals surface area (Å²) in [5.41, 5.74) is 14.5. The van der Waals surface area contributed by atoms with Crippen LogP contribution in [0.5, 0.6) is 0 Å². The molecule has 4 heteroatoms. The molecular weight excluding hydrogens is 488 g/mol. The summed E-state index contributed by atoms with van der Waals surface area (Å²) in [5.74, 6) is 0. The number of rotatable bonds is 4. The average molecular weight is 515 g/mol. The average Bonchev–Trinajstić information content (AvgIpc) is 3.35. The van der Waals surface area contributed by atoms with E-state index in [1.165, 1.54) is 5.39 Å². The Bertz CT molecular complexity index is 2170. The quantitative estimate of drug-likeness (QED) is 0.289. The number of fused-ring (bicyclic) bond motifs is 4. The van der Waals surface area contributed by atoms with Gasteiger partial charge in [0.1, 0.15) is 5.65 Å². The molecule has 3 heterocycles. The van der Waals surface area contributed by atoms with E-state index in [4.69, 9.17) is 10.7 Å². The second-order valence-electron chi connectivity index (χ2n) is 9.85. The van der Waals surface area contributed by atoms with Gasteiger partial charge in [-0.2, -0.15) is 0 Å². The third-order valence-corrected chi connectivity index (χ3v) is 7.45. The van der Waals surface area contributed by atoms with E-state index in [1.807, 2.05) is 42.6 Å². The van der Waals surface area contributed by atoms with Gasteiger partial charge in [-0.25, -0.2) is 4.98 Å². The number of nitrogens with two attached hydrogens (primary N) is 1. The maximum absolute atomic E-state index is 6.47. The lowest BCUT2D eigenvalue weighted by Crippen LogP contribution is -2.23. The van der Waals surface area contributed by atoms with Gasteiger partial charge in [0.05, 0.1) is 11.0 Å². The van der Waals surface area contributed by atoms with Crippen LogP contribution in [-0.4, -0.2) is 14.5 Å². The molecule has 0 aliphatic rings. The fourth-order valence-electron chi connectivity index (χ4n) is 5.37. The molecule has 0 spiro atoms. The van der Waals surface area contributed by atoms with Crippen molar-refractivity contribution in [3.05, 3.63) is 144 Å². The lowest BCUT2D eigenvalue weighted by atomic mass is 10.0. The van der Waals surface area contributed by atoms with Crippen molar-refractivity contribution in [2.24, 2.45) is 5.73 Å². The molecule has 40 heavy (non-hydrogen) atoms. The zero-order valence-electron chi connectivity index (χ0n) is 21.8. The predicted molar refractivity (Wildman–Crippen MR) is 167 cm³/mol. The normalized spacial score (nSPS) is 12.5. The standard InChI is InChI=1S/C36H26N4/c1-24-25(11-16-28-7-5-21-38-35(24)28)17-19-33(37)27-14-12-26(13-15-27)29-18-20-34-32(23-29)31-10-6-22-39-36(31)40(34)30-8-3-2-4-9-30/h2-23H,1,37H2/b25-17-,33-19-. The largest absolute Gasteiger partial charge is 0.398 e. The van der Waals surface area contributed by atoms with Crippen molar-refractivity contribution in [2.75, 3.05) is 0 Å². The Kier molecular flexibility index (Phi) is 5.72. The van der Waals surface area contributed by atoms with Crippen LogP contribution in [0.1, 0.15) is 5.56 Å². The zero-order valence-corrected chi connectivity index (χ0v) is 21.8. The molecule has 0 saturated carbocycles. The lowest BCUT2D eigenvalue weighted by molar-refractivity contribution is 1.14. The van der Waals surface area contributed by atoms with Crippen molar-refractivity contribution >= 4 is 51.2 Å². The van der Waals surface area contributed by atoms with E-state index < -0.39 is 0 Å². The zero-order chi connectivity index (χ0) is 27.1. The van der Waals surface area contributed by atoms with E-state index in [1.54, 1.807) is 6.20 Å². The summed E-state index contributed by atoms with van der Waals surface area (Å²) in [6.07, 6.45) is 7.59. The molecule has 0 aliphatic heterocycles. The highest BCUT2D eigenvalue weighted by molar-refractivity contribution is 6.09. The molecule has 4 nitrogen and oxygen atoms in total. The summed E-state index contributed by atoms with van der Waals surface area (Å²) in [5, 5.41) is 5.30. The molecule has 7 aromatic rings. The molecule has 7 rings (SSSR count). The Morgan fingerprint density at radius 1 is 0.725 bits per heavy atom. The van der Waals surface area contributed by atoms with Crippen LogP contribution in [-0.2, 0) is 0 Å². The Morgan fingerprint density at radius 3 is 2.35 bits per heavy atom. The highest BCUT2D eigenvalue weighted by Gasteiger charge is 2.14. The first-order valence-corrected chi connectivity index (χ1v) is 13.2. The Hall–Kier alpha value is -5.48. The number of aromatic nitrogens is 3. The molecule has 3 aromatic heterocycles. The van der Waals surface area contributed by atoms with E-state index in [0.29, 0.717) is 5.70 Å². The number of hydrogen-bond donors (Lipinski definition) is 1. The van der Waals surface area contributed by atoms with E-state index >= 15 is 0 Å². The topological polar surface area (TPSA) is 56.7 Å². The molecule has 0 amide bonds. The number of hydrogen-bond acceptors (Lipinski definition) is 3. The fraction of sp³-hybridized carbons (Fsp3) is 0. The molecule has 0 aliphatic carbocycles. The number of pyridine rings is 2. The number of benzene rings is 4. The minimum absolute atomic E-state index is 0.694. The smallest absolute Gasteiger partial charge is 0.145 e. The lowest BCUT2D eigenvalue weighted by Gasteiger charge is -2.08. The summed E-state index contributed by atoms with van der Waals surface area (Å²) in [6.45, 7) is 4.23. The molecule has 4 aromatic carbocycles. The molecular formula is C36H26N4. The van der Waals surface area contributed by atoms with Crippen LogP contribution in [0, 0.1) is 0 Å². The predicted octanol–water partition coefficient (Wildman–Crippen LogP) is 6.58. The third kappa shape index (κ3) is 4.03. The van der Waals surface area contributed by atoms with Crippen LogP contribution >= 0.6 is 0 Å². The van der Waals surface area contributed by atoms with Gasteiger partial charge in [-0.1, -0.05) is 79.4 Å². The van der Waals surface area contributed by atoms with Gasteiger partial charge in [-0.15, -0.1) is 0 Å². The summed E-state index contributed by atoms with van der Waals surface area (Å²) >= 11 is 0. The summed E-state index contributed by atoms with van der Waals surface area (Å²) in [6, 6.07) is 37.6. The fourth-order valence-corrected chi connectivity index (χ4v) is 5.37. The summed E-state index contributed by atoms with van der Waals surface area (Å²) < 4.78 is 2.22. The minimum Gasteiger partial charge on any atom is -0.398 e. The van der Waals surface area contributed by atoms with Crippen molar-refractivity contribution in [3.8, 4) is 16.8 Å². The molecule has 0 saturated heterocycles.